The van der Waals surface area contributed by atoms with Gasteiger partial charge in [0.25, 0.3) is 0 Å². The third kappa shape index (κ3) is 5.55. The molecular weight excluding hydrogens is 590 g/mol. The largest absolute Gasteiger partial charge is 0.460 e. The SMILES string of the molecule is CC1(C)C(=O)N([C@H](COC(=O)c2ccc(Br)cc2)c2ccccc2)[C@@H]1COC(=O)c1ccc(Br)cc1. The molecule has 0 aromatic heterocycles. The molecule has 1 amide bonds. The van der Waals surface area contributed by atoms with E-state index in [2.05, 4.69) is 31.9 Å². The lowest BCUT2D eigenvalue weighted by molar-refractivity contribution is -0.180. The summed E-state index contributed by atoms with van der Waals surface area (Å²) in [7, 11) is 0. The van der Waals surface area contributed by atoms with Crippen molar-refractivity contribution in [1.82, 2.24) is 4.90 Å². The van der Waals surface area contributed by atoms with Gasteiger partial charge < -0.3 is 14.4 Å². The summed E-state index contributed by atoms with van der Waals surface area (Å²) in [5.41, 5.74) is 0.939. The zero-order valence-electron chi connectivity index (χ0n) is 19.8. The molecular formula is C28H25Br2NO5. The summed E-state index contributed by atoms with van der Waals surface area (Å²) >= 11 is 6.71. The molecule has 36 heavy (non-hydrogen) atoms. The van der Waals surface area contributed by atoms with Gasteiger partial charge >= 0.3 is 11.9 Å². The number of amides is 1. The highest BCUT2D eigenvalue weighted by molar-refractivity contribution is 9.10. The van der Waals surface area contributed by atoms with Crippen LogP contribution in [-0.2, 0) is 14.3 Å². The second kappa shape index (κ2) is 11.0. The van der Waals surface area contributed by atoms with Gasteiger partial charge in [-0.1, -0.05) is 62.2 Å². The van der Waals surface area contributed by atoms with E-state index in [1.807, 2.05) is 44.2 Å². The maximum Gasteiger partial charge on any atom is 0.338 e. The first-order chi connectivity index (χ1) is 17.2. The Morgan fingerprint density at radius 1 is 0.833 bits per heavy atom. The summed E-state index contributed by atoms with van der Waals surface area (Å²) in [6, 6.07) is 22.3. The number of carbonyl (C=O) groups excluding carboxylic acids is 3. The predicted molar refractivity (Wildman–Crippen MR) is 142 cm³/mol. The molecule has 0 spiro atoms. The summed E-state index contributed by atoms with van der Waals surface area (Å²) < 4.78 is 13.0. The Hall–Kier alpha value is -2.97. The number of hydrogen-bond donors (Lipinski definition) is 0. The molecule has 1 fully saturated rings. The average molecular weight is 615 g/mol. The second-order valence-corrected chi connectivity index (χ2v) is 10.9. The van der Waals surface area contributed by atoms with Crippen LogP contribution in [0.15, 0.2) is 87.8 Å². The minimum Gasteiger partial charge on any atom is -0.460 e. The van der Waals surface area contributed by atoms with Crippen LogP contribution in [0.5, 0.6) is 0 Å². The van der Waals surface area contributed by atoms with E-state index < -0.39 is 23.4 Å². The fraction of sp³-hybridized carbons (Fsp3) is 0.250. The van der Waals surface area contributed by atoms with Crippen LogP contribution in [0.3, 0.4) is 0 Å². The Balaban J connectivity index is 1.52. The topological polar surface area (TPSA) is 72.9 Å². The molecule has 0 aliphatic carbocycles. The first kappa shape index (κ1) is 26.1. The number of rotatable bonds is 8. The Morgan fingerprint density at radius 2 is 1.33 bits per heavy atom. The molecule has 0 unspecified atom stereocenters. The Labute approximate surface area is 226 Å². The summed E-state index contributed by atoms with van der Waals surface area (Å²) in [4.78, 5) is 40.2. The van der Waals surface area contributed by atoms with E-state index in [0.717, 1.165) is 14.5 Å². The quantitative estimate of drug-likeness (QED) is 0.223. The van der Waals surface area contributed by atoms with Crippen LogP contribution in [0.25, 0.3) is 0 Å². The van der Waals surface area contributed by atoms with Gasteiger partial charge in [-0.2, -0.15) is 0 Å². The third-order valence-electron chi connectivity index (χ3n) is 6.38. The summed E-state index contributed by atoms with van der Waals surface area (Å²) in [5, 5.41) is 0. The van der Waals surface area contributed by atoms with E-state index in [1.54, 1.807) is 53.4 Å². The maximum absolute atomic E-state index is 13.2. The fourth-order valence-corrected chi connectivity index (χ4v) is 4.73. The van der Waals surface area contributed by atoms with Crippen molar-refractivity contribution in [2.24, 2.45) is 5.41 Å². The van der Waals surface area contributed by atoms with Crippen LogP contribution in [0.2, 0.25) is 0 Å². The van der Waals surface area contributed by atoms with Crippen molar-refractivity contribution < 1.29 is 23.9 Å². The molecule has 0 radical (unpaired) electrons. The minimum absolute atomic E-state index is 0.0254. The van der Waals surface area contributed by atoms with Crippen molar-refractivity contribution in [2.45, 2.75) is 25.9 Å². The highest BCUT2D eigenvalue weighted by Crippen LogP contribution is 2.44. The number of carbonyl (C=O) groups is 3. The van der Waals surface area contributed by atoms with Gasteiger partial charge in [0, 0.05) is 8.95 Å². The van der Waals surface area contributed by atoms with E-state index in [9.17, 15) is 14.4 Å². The van der Waals surface area contributed by atoms with Gasteiger partial charge in [0.15, 0.2) is 0 Å². The van der Waals surface area contributed by atoms with Crippen molar-refractivity contribution in [1.29, 1.82) is 0 Å². The van der Waals surface area contributed by atoms with E-state index >= 15 is 0 Å². The van der Waals surface area contributed by atoms with Gasteiger partial charge in [-0.15, -0.1) is 0 Å². The van der Waals surface area contributed by atoms with E-state index in [1.165, 1.54) is 0 Å². The van der Waals surface area contributed by atoms with Gasteiger partial charge in [0.05, 0.1) is 28.6 Å². The number of hydrogen-bond acceptors (Lipinski definition) is 5. The summed E-state index contributed by atoms with van der Waals surface area (Å²) in [5.74, 6) is -1.04. The molecule has 0 N–H and O–H groups in total. The van der Waals surface area contributed by atoms with Crippen LogP contribution >= 0.6 is 31.9 Å². The number of esters is 2. The lowest BCUT2D eigenvalue weighted by Gasteiger charge is -2.55. The van der Waals surface area contributed by atoms with Crippen molar-refractivity contribution >= 4 is 49.7 Å². The first-order valence-electron chi connectivity index (χ1n) is 11.4. The fourth-order valence-electron chi connectivity index (χ4n) is 4.21. The molecule has 2 atom stereocenters. The Kier molecular flexibility index (Phi) is 7.95. The highest BCUT2D eigenvalue weighted by Gasteiger charge is 2.57. The van der Waals surface area contributed by atoms with Crippen molar-refractivity contribution in [3.63, 3.8) is 0 Å². The number of ether oxygens (including phenoxy) is 2. The van der Waals surface area contributed by atoms with Crippen molar-refractivity contribution in [3.05, 3.63) is 104 Å². The monoisotopic (exact) mass is 613 g/mol. The third-order valence-corrected chi connectivity index (χ3v) is 7.44. The zero-order valence-corrected chi connectivity index (χ0v) is 23.0. The van der Waals surface area contributed by atoms with Gasteiger partial charge in [-0.05, 0) is 67.9 Å². The Morgan fingerprint density at radius 3 is 1.86 bits per heavy atom. The van der Waals surface area contributed by atoms with E-state index in [0.29, 0.717) is 11.1 Å². The van der Waals surface area contributed by atoms with Gasteiger partial charge in [0.2, 0.25) is 5.91 Å². The number of β-lactam (4-membered cyclic amide) rings is 1. The molecule has 6 nitrogen and oxygen atoms in total. The van der Waals surface area contributed by atoms with Crippen molar-refractivity contribution in [3.8, 4) is 0 Å². The molecule has 0 bridgehead atoms. The predicted octanol–water partition coefficient (Wildman–Crippen LogP) is 6.20. The van der Waals surface area contributed by atoms with Crippen molar-refractivity contribution in [2.75, 3.05) is 13.2 Å². The molecule has 3 aromatic rings. The highest BCUT2D eigenvalue weighted by atomic mass is 79.9. The second-order valence-electron chi connectivity index (χ2n) is 9.09. The van der Waals surface area contributed by atoms with Gasteiger partial charge in [0.1, 0.15) is 13.2 Å². The molecule has 1 saturated heterocycles. The lowest BCUT2D eigenvalue weighted by Crippen LogP contribution is -2.69. The van der Waals surface area contributed by atoms with Crippen LogP contribution in [0.1, 0.15) is 46.2 Å². The molecule has 1 aliphatic heterocycles. The normalized spacial score (nSPS) is 17.2. The Bertz CT molecular complexity index is 1240. The smallest absolute Gasteiger partial charge is 0.338 e. The summed E-state index contributed by atoms with van der Waals surface area (Å²) in [6.45, 7) is 3.66. The number of nitrogens with zero attached hydrogens (tertiary/aromatic N) is 1. The van der Waals surface area contributed by atoms with Crippen LogP contribution in [0.4, 0.5) is 0 Å². The van der Waals surface area contributed by atoms with Crippen LogP contribution in [-0.4, -0.2) is 42.0 Å². The first-order valence-corrected chi connectivity index (χ1v) is 13.0. The van der Waals surface area contributed by atoms with E-state index in [-0.39, 0.29) is 25.2 Å². The van der Waals surface area contributed by atoms with E-state index in [4.69, 9.17) is 9.47 Å². The molecule has 3 aromatic carbocycles. The molecule has 186 valence electrons. The van der Waals surface area contributed by atoms with Crippen LogP contribution in [0, 0.1) is 5.41 Å². The molecule has 4 rings (SSSR count). The summed E-state index contributed by atoms with van der Waals surface area (Å²) in [6.07, 6.45) is 0. The average Bonchev–Trinajstić information content (AvgIpc) is 2.88. The number of likely N-dealkylation sites (tertiary alicyclic amines) is 1. The van der Waals surface area contributed by atoms with Gasteiger partial charge in [-0.3, -0.25) is 4.79 Å². The molecule has 1 aliphatic rings. The lowest BCUT2D eigenvalue weighted by atomic mass is 9.72. The number of benzene rings is 3. The maximum atomic E-state index is 13.2. The molecule has 8 heteroatoms. The number of halogens is 2. The van der Waals surface area contributed by atoms with Crippen LogP contribution < -0.4 is 0 Å². The standard InChI is InChI=1S/C28H25Br2NO5/c1-28(2)24(17-36-26(33)20-10-14-22(30)15-11-20)31(27(28)34)23(18-6-4-3-5-7-18)16-35-25(32)19-8-12-21(29)13-9-19/h3-15,23-24H,16-17H2,1-2H3/t23-,24-/m1/s1. The zero-order chi connectivity index (χ0) is 25.9. The molecule has 0 saturated carbocycles. The minimum atomic E-state index is -0.733. The molecule has 1 heterocycles. The van der Waals surface area contributed by atoms with Gasteiger partial charge in [-0.25, -0.2) is 9.59 Å².